The molecule has 1 aliphatic carbocycles. The van der Waals surface area contributed by atoms with Gasteiger partial charge in [-0.2, -0.15) is 14.7 Å². The maximum Gasteiger partial charge on any atom is 0.306 e. The number of hydrogen-bond donors (Lipinski definition) is 3. The number of H-pyrrole nitrogens is 1. The minimum absolute atomic E-state index is 0.147. The van der Waals surface area contributed by atoms with Gasteiger partial charge in [0.1, 0.15) is 5.82 Å². The monoisotopic (exact) mass is 531 g/mol. The lowest BCUT2D eigenvalue weighted by molar-refractivity contribution is -0.142. The van der Waals surface area contributed by atoms with Crippen LogP contribution in [0.2, 0.25) is 0 Å². The van der Waals surface area contributed by atoms with E-state index < -0.39 is 5.97 Å². The van der Waals surface area contributed by atoms with Crippen LogP contribution in [0.1, 0.15) is 37.3 Å². The van der Waals surface area contributed by atoms with E-state index in [1.54, 1.807) is 16.9 Å². The first-order valence-corrected chi connectivity index (χ1v) is 12.2. The van der Waals surface area contributed by atoms with Crippen LogP contribution in [0.15, 0.2) is 53.4 Å². The maximum atomic E-state index is 11.4. The van der Waals surface area contributed by atoms with E-state index in [4.69, 9.17) is 10.7 Å². The van der Waals surface area contributed by atoms with Gasteiger partial charge in [-0.3, -0.25) is 14.9 Å². The molecule has 6 rings (SSSR count). The second-order valence-electron chi connectivity index (χ2n) is 8.98. The molecule has 0 saturated heterocycles. The van der Waals surface area contributed by atoms with E-state index in [1.165, 1.54) is 0 Å². The molecule has 0 radical (unpaired) electrons. The van der Waals surface area contributed by atoms with Crippen LogP contribution in [0.3, 0.4) is 0 Å². The Hall–Kier alpha value is -3.79. The third-order valence-electron chi connectivity index (χ3n) is 6.92. The lowest BCUT2D eigenvalue weighted by Gasteiger charge is -2.26. The molecule has 0 atom stereocenters. The summed E-state index contributed by atoms with van der Waals surface area (Å²) in [6.45, 7) is 0. The van der Waals surface area contributed by atoms with Gasteiger partial charge in [-0.05, 0) is 59.8 Å². The number of nitrogen functional groups attached to an aromatic ring is 1. The fraction of sp³-hybridized carbons (Fsp3) is 0.240. The summed E-state index contributed by atoms with van der Waals surface area (Å²) >= 11 is 3.61. The van der Waals surface area contributed by atoms with E-state index in [0.29, 0.717) is 24.3 Å². The average Bonchev–Trinajstić information content (AvgIpc) is 3.53. The van der Waals surface area contributed by atoms with Crippen LogP contribution in [-0.2, 0) is 4.79 Å². The lowest BCUT2D eigenvalue weighted by atomic mass is 9.80. The molecule has 1 fully saturated rings. The molecule has 0 spiro atoms. The molecule has 1 aromatic carbocycles. The number of benzene rings is 1. The maximum absolute atomic E-state index is 11.4. The standard InChI is InChI=1S/C25H22BrN7O2/c26-21-22(13-1-3-14(4-2-13)25(34)35)31-24-18(12-30-33(24)23(21)27)16-6-7-19(28-10-16)15-5-8-20-17(9-15)11-29-32-20/h5-14H,1-4,27H2,(H,29,32)(H,34,35)/t13-,14+. The number of pyridine rings is 1. The Morgan fingerprint density at radius 1 is 1.09 bits per heavy atom. The zero-order valence-electron chi connectivity index (χ0n) is 18.6. The van der Waals surface area contributed by atoms with E-state index in [1.807, 2.05) is 30.5 Å². The van der Waals surface area contributed by atoms with Crippen molar-refractivity contribution in [1.82, 2.24) is 29.8 Å². The number of aromatic nitrogens is 6. The molecule has 176 valence electrons. The molecule has 5 aromatic rings. The van der Waals surface area contributed by atoms with Gasteiger partial charge in [0.05, 0.1) is 39.7 Å². The van der Waals surface area contributed by atoms with E-state index in [-0.39, 0.29) is 11.8 Å². The van der Waals surface area contributed by atoms with Crippen molar-refractivity contribution in [1.29, 1.82) is 0 Å². The van der Waals surface area contributed by atoms with Gasteiger partial charge in [0.25, 0.3) is 0 Å². The number of rotatable bonds is 4. The van der Waals surface area contributed by atoms with Crippen molar-refractivity contribution < 1.29 is 9.90 Å². The van der Waals surface area contributed by atoms with Crippen molar-refractivity contribution >= 4 is 44.3 Å². The Morgan fingerprint density at radius 3 is 2.63 bits per heavy atom. The molecule has 10 heteroatoms. The van der Waals surface area contributed by atoms with E-state index in [0.717, 1.165) is 56.3 Å². The molecular weight excluding hydrogens is 510 g/mol. The second-order valence-corrected chi connectivity index (χ2v) is 9.77. The zero-order valence-corrected chi connectivity index (χ0v) is 20.2. The fourth-order valence-corrected chi connectivity index (χ4v) is 5.51. The van der Waals surface area contributed by atoms with Gasteiger partial charge < -0.3 is 10.8 Å². The van der Waals surface area contributed by atoms with Gasteiger partial charge in [-0.25, -0.2) is 4.98 Å². The smallest absolute Gasteiger partial charge is 0.306 e. The van der Waals surface area contributed by atoms with Gasteiger partial charge in [-0.15, -0.1) is 0 Å². The van der Waals surface area contributed by atoms with E-state index in [2.05, 4.69) is 42.3 Å². The molecule has 0 amide bonds. The number of aromatic amines is 1. The molecule has 4 aromatic heterocycles. The normalized spacial score (nSPS) is 18.3. The molecule has 0 bridgehead atoms. The average molecular weight is 532 g/mol. The zero-order chi connectivity index (χ0) is 24.1. The van der Waals surface area contributed by atoms with E-state index in [9.17, 15) is 9.90 Å². The Morgan fingerprint density at radius 2 is 1.89 bits per heavy atom. The third-order valence-corrected chi connectivity index (χ3v) is 7.73. The minimum atomic E-state index is -0.718. The summed E-state index contributed by atoms with van der Waals surface area (Å²) in [6.07, 6.45) is 8.18. The quantitative estimate of drug-likeness (QED) is 0.295. The summed E-state index contributed by atoms with van der Waals surface area (Å²) in [5.74, 6) is -0.373. The number of carboxylic acids is 1. The topological polar surface area (TPSA) is 135 Å². The number of hydrogen-bond acceptors (Lipinski definition) is 6. The van der Waals surface area contributed by atoms with Gasteiger partial charge in [0, 0.05) is 34.2 Å². The summed E-state index contributed by atoms with van der Waals surface area (Å²) in [4.78, 5) is 21.0. The number of carboxylic acid groups (broad SMARTS) is 1. The van der Waals surface area contributed by atoms with Crippen LogP contribution in [0.5, 0.6) is 0 Å². The molecule has 1 aliphatic rings. The highest BCUT2D eigenvalue weighted by molar-refractivity contribution is 9.10. The molecule has 4 N–H and O–H groups in total. The van der Waals surface area contributed by atoms with E-state index >= 15 is 0 Å². The number of aliphatic carboxylic acids is 1. The van der Waals surface area contributed by atoms with Gasteiger partial charge >= 0.3 is 5.97 Å². The highest BCUT2D eigenvalue weighted by Gasteiger charge is 2.30. The SMILES string of the molecule is Nc1c(Br)c([C@H]2CC[C@@H](C(=O)O)CC2)nc2c(-c3ccc(-c4ccc5[nH]ncc5c4)nc3)cnn12. The highest BCUT2D eigenvalue weighted by Crippen LogP contribution is 2.40. The van der Waals surface area contributed by atoms with Crippen molar-refractivity contribution in [3.63, 3.8) is 0 Å². The fourth-order valence-electron chi connectivity index (χ4n) is 4.93. The second kappa shape index (κ2) is 8.46. The van der Waals surface area contributed by atoms with Crippen LogP contribution in [0, 0.1) is 5.92 Å². The predicted molar refractivity (Wildman–Crippen MR) is 136 cm³/mol. The number of anilines is 1. The number of nitrogens with two attached hydrogens (primary N) is 1. The van der Waals surface area contributed by atoms with Crippen molar-refractivity contribution in [3.05, 3.63) is 59.1 Å². The Bertz CT molecular complexity index is 1570. The first-order chi connectivity index (χ1) is 17.0. The summed E-state index contributed by atoms with van der Waals surface area (Å²) < 4.78 is 2.36. The van der Waals surface area contributed by atoms with Gasteiger partial charge in [0.15, 0.2) is 5.65 Å². The molecular formula is C25H22BrN7O2. The van der Waals surface area contributed by atoms with Crippen LogP contribution in [-0.4, -0.2) is 40.9 Å². The number of halogens is 1. The molecule has 4 heterocycles. The number of carbonyl (C=O) groups is 1. The van der Waals surface area contributed by atoms with Crippen LogP contribution < -0.4 is 5.73 Å². The minimum Gasteiger partial charge on any atom is -0.481 e. The number of fused-ring (bicyclic) bond motifs is 2. The summed E-state index contributed by atoms with van der Waals surface area (Å²) in [6, 6.07) is 10.1. The number of nitrogens with zero attached hydrogens (tertiary/aromatic N) is 5. The first-order valence-electron chi connectivity index (χ1n) is 11.4. The summed E-state index contributed by atoms with van der Waals surface area (Å²) in [5, 5.41) is 21.9. The molecule has 35 heavy (non-hydrogen) atoms. The summed E-state index contributed by atoms with van der Waals surface area (Å²) in [5.41, 5.74) is 12.5. The van der Waals surface area contributed by atoms with Crippen LogP contribution >= 0.6 is 15.9 Å². The van der Waals surface area contributed by atoms with Crippen molar-refractivity contribution in [2.24, 2.45) is 5.92 Å². The predicted octanol–water partition coefficient (Wildman–Crippen LogP) is 5.04. The summed E-state index contributed by atoms with van der Waals surface area (Å²) in [7, 11) is 0. The highest BCUT2D eigenvalue weighted by atomic mass is 79.9. The Kier molecular flexibility index (Phi) is 5.25. The van der Waals surface area contributed by atoms with Gasteiger partial charge in [0.2, 0.25) is 0 Å². The first kappa shape index (κ1) is 21.7. The lowest BCUT2D eigenvalue weighted by Crippen LogP contribution is -2.21. The van der Waals surface area contributed by atoms with Gasteiger partial charge in [-0.1, -0.05) is 12.1 Å². The van der Waals surface area contributed by atoms with Crippen molar-refractivity contribution in [3.8, 4) is 22.4 Å². The molecule has 1 saturated carbocycles. The van der Waals surface area contributed by atoms with Crippen LogP contribution in [0.25, 0.3) is 38.9 Å². The van der Waals surface area contributed by atoms with Crippen molar-refractivity contribution in [2.75, 3.05) is 5.73 Å². The van der Waals surface area contributed by atoms with Crippen molar-refractivity contribution in [2.45, 2.75) is 31.6 Å². The largest absolute Gasteiger partial charge is 0.481 e. The molecule has 0 unspecified atom stereocenters. The Balaban J connectivity index is 1.35. The molecule has 9 nitrogen and oxygen atoms in total. The number of nitrogens with one attached hydrogen (secondary N) is 1. The Labute approximate surface area is 208 Å². The van der Waals surface area contributed by atoms with Crippen LogP contribution in [0.4, 0.5) is 5.82 Å². The third kappa shape index (κ3) is 3.74. The molecule has 0 aliphatic heterocycles.